The topological polar surface area (TPSA) is 63.4 Å². The fourth-order valence-corrected chi connectivity index (χ4v) is 2.02. The molecule has 96 valence electrons. The summed E-state index contributed by atoms with van der Waals surface area (Å²) >= 11 is 0. The van der Waals surface area contributed by atoms with Crippen LogP contribution >= 0.6 is 0 Å². The molecule has 17 heavy (non-hydrogen) atoms. The molecule has 0 aromatic carbocycles. The van der Waals surface area contributed by atoms with Gasteiger partial charge in [-0.1, -0.05) is 5.10 Å². The smallest absolute Gasteiger partial charge is 0.318 e. The van der Waals surface area contributed by atoms with Crippen LogP contribution in [-0.2, 0) is 11.3 Å². The number of hydrogen-bond donors (Lipinski definition) is 1. The van der Waals surface area contributed by atoms with Crippen molar-refractivity contribution < 1.29 is 9.15 Å². The number of nitrogens with one attached hydrogen (secondary N) is 1. The zero-order valence-corrected chi connectivity index (χ0v) is 10.5. The minimum absolute atomic E-state index is 0.504. The lowest BCUT2D eigenvalue weighted by Crippen LogP contribution is -2.26. The van der Waals surface area contributed by atoms with Gasteiger partial charge >= 0.3 is 6.01 Å². The first kappa shape index (κ1) is 12.3. The molecule has 1 aliphatic heterocycles. The van der Waals surface area contributed by atoms with Gasteiger partial charge in [0.2, 0.25) is 5.89 Å². The van der Waals surface area contributed by atoms with E-state index in [1.165, 1.54) is 12.8 Å². The molecule has 1 aromatic heterocycles. The monoisotopic (exact) mass is 240 g/mol. The van der Waals surface area contributed by atoms with Gasteiger partial charge in [0.25, 0.3) is 0 Å². The molecule has 0 bridgehead atoms. The van der Waals surface area contributed by atoms with Crippen LogP contribution in [0.3, 0.4) is 0 Å². The van der Waals surface area contributed by atoms with Crippen molar-refractivity contribution in [2.75, 3.05) is 31.7 Å². The van der Waals surface area contributed by atoms with Crippen LogP contribution in [-0.4, -0.2) is 43.0 Å². The number of aromatic nitrogens is 2. The van der Waals surface area contributed by atoms with E-state index in [-0.39, 0.29) is 0 Å². The van der Waals surface area contributed by atoms with Crippen molar-refractivity contribution in [1.82, 2.24) is 15.5 Å². The van der Waals surface area contributed by atoms with Crippen LogP contribution in [0.5, 0.6) is 0 Å². The first-order chi connectivity index (χ1) is 8.31. The number of rotatable bonds is 6. The Balaban J connectivity index is 1.83. The third-order valence-corrected chi connectivity index (χ3v) is 3.01. The molecule has 0 amide bonds. The second kappa shape index (κ2) is 5.97. The molecular weight excluding hydrogens is 220 g/mol. The highest BCUT2D eigenvalue weighted by atomic mass is 16.5. The van der Waals surface area contributed by atoms with Crippen LogP contribution in [0.2, 0.25) is 0 Å². The second-order valence-electron chi connectivity index (χ2n) is 4.33. The standard InChI is InChI=1S/C11H20N4O2/c1-9-4-3-6-15(9)11-14-13-10(17-11)8-12-5-7-16-2/h9,12H,3-8H2,1-2H3. The van der Waals surface area contributed by atoms with Crippen LogP contribution in [0.15, 0.2) is 4.42 Å². The molecule has 1 fully saturated rings. The molecule has 0 saturated carbocycles. The van der Waals surface area contributed by atoms with E-state index in [0.717, 1.165) is 13.1 Å². The van der Waals surface area contributed by atoms with Crippen LogP contribution < -0.4 is 10.2 Å². The molecule has 1 atom stereocenters. The number of nitrogens with zero attached hydrogens (tertiary/aromatic N) is 3. The summed E-state index contributed by atoms with van der Waals surface area (Å²) in [6, 6.07) is 1.16. The zero-order valence-electron chi connectivity index (χ0n) is 10.5. The normalized spacial score (nSPS) is 20.1. The summed E-state index contributed by atoms with van der Waals surface area (Å²) in [6.07, 6.45) is 2.40. The van der Waals surface area contributed by atoms with Crippen LogP contribution in [0.1, 0.15) is 25.7 Å². The minimum atomic E-state index is 0.504. The molecule has 0 aliphatic carbocycles. The van der Waals surface area contributed by atoms with E-state index in [4.69, 9.17) is 9.15 Å². The summed E-state index contributed by atoms with van der Waals surface area (Å²) in [5, 5.41) is 11.3. The Morgan fingerprint density at radius 1 is 1.53 bits per heavy atom. The number of anilines is 1. The molecule has 2 rings (SSSR count). The molecule has 6 heteroatoms. The highest BCUT2D eigenvalue weighted by Gasteiger charge is 2.24. The van der Waals surface area contributed by atoms with Gasteiger partial charge in [-0.3, -0.25) is 0 Å². The molecular formula is C11H20N4O2. The molecule has 1 aliphatic rings. The van der Waals surface area contributed by atoms with E-state index in [2.05, 4.69) is 27.3 Å². The van der Waals surface area contributed by atoms with Gasteiger partial charge in [-0.05, 0) is 19.8 Å². The molecule has 1 N–H and O–H groups in total. The van der Waals surface area contributed by atoms with Crippen LogP contribution in [0.25, 0.3) is 0 Å². The zero-order chi connectivity index (χ0) is 12.1. The average molecular weight is 240 g/mol. The fraction of sp³-hybridized carbons (Fsp3) is 0.818. The maximum absolute atomic E-state index is 5.62. The molecule has 0 radical (unpaired) electrons. The average Bonchev–Trinajstić information content (AvgIpc) is 2.93. The predicted molar refractivity (Wildman–Crippen MR) is 63.9 cm³/mol. The summed E-state index contributed by atoms with van der Waals surface area (Å²) in [4.78, 5) is 2.17. The van der Waals surface area contributed by atoms with Gasteiger partial charge in [-0.25, -0.2) is 0 Å². The quantitative estimate of drug-likeness (QED) is 0.742. The van der Waals surface area contributed by atoms with Gasteiger partial charge in [-0.15, -0.1) is 5.10 Å². The van der Waals surface area contributed by atoms with E-state index in [1.54, 1.807) is 7.11 Å². The maximum atomic E-state index is 5.62. The van der Waals surface area contributed by atoms with E-state index < -0.39 is 0 Å². The lowest BCUT2D eigenvalue weighted by Gasteiger charge is -2.17. The maximum Gasteiger partial charge on any atom is 0.318 e. The molecule has 0 spiro atoms. The van der Waals surface area contributed by atoms with Crippen LogP contribution in [0.4, 0.5) is 6.01 Å². The molecule has 1 aromatic rings. The Bertz CT molecular complexity index is 342. The largest absolute Gasteiger partial charge is 0.407 e. The van der Waals surface area contributed by atoms with Gasteiger partial charge in [0, 0.05) is 26.2 Å². The Labute approximate surface area is 101 Å². The lowest BCUT2D eigenvalue weighted by atomic mass is 10.2. The van der Waals surface area contributed by atoms with Crippen molar-refractivity contribution in [1.29, 1.82) is 0 Å². The van der Waals surface area contributed by atoms with Crippen LogP contribution in [0, 0.1) is 0 Å². The number of hydrogen-bond acceptors (Lipinski definition) is 6. The van der Waals surface area contributed by atoms with E-state index in [9.17, 15) is 0 Å². The van der Waals surface area contributed by atoms with Gasteiger partial charge in [0.15, 0.2) is 0 Å². The fourth-order valence-electron chi connectivity index (χ4n) is 2.02. The summed E-state index contributed by atoms with van der Waals surface area (Å²) < 4.78 is 10.6. The molecule has 1 unspecified atom stereocenters. The summed E-state index contributed by atoms with van der Waals surface area (Å²) in [6.45, 7) is 5.27. The minimum Gasteiger partial charge on any atom is -0.407 e. The number of ether oxygens (including phenoxy) is 1. The third-order valence-electron chi connectivity index (χ3n) is 3.01. The van der Waals surface area contributed by atoms with Crippen molar-refractivity contribution in [3.63, 3.8) is 0 Å². The molecule has 2 heterocycles. The highest BCUT2D eigenvalue weighted by molar-refractivity contribution is 5.27. The van der Waals surface area contributed by atoms with Crippen molar-refractivity contribution in [3.05, 3.63) is 5.89 Å². The first-order valence-electron chi connectivity index (χ1n) is 6.10. The Morgan fingerprint density at radius 3 is 3.12 bits per heavy atom. The van der Waals surface area contributed by atoms with Gasteiger partial charge in [0.05, 0.1) is 13.2 Å². The predicted octanol–water partition coefficient (Wildman–Crippen LogP) is 0.794. The third kappa shape index (κ3) is 3.17. The van der Waals surface area contributed by atoms with Gasteiger partial charge in [0.1, 0.15) is 0 Å². The Hall–Kier alpha value is -1.14. The Kier molecular flexibility index (Phi) is 4.33. The van der Waals surface area contributed by atoms with Gasteiger partial charge in [-0.2, -0.15) is 0 Å². The SMILES string of the molecule is COCCNCc1nnc(N2CCCC2C)o1. The summed E-state index contributed by atoms with van der Waals surface area (Å²) in [5.74, 6) is 0.634. The second-order valence-corrected chi connectivity index (χ2v) is 4.33. The van der Waals surface area contributed by atoms with E-state index in [1.807, 2.05) is 0 Å². The van der Waals surface area contributed by atoms with Crippen molar-refractivity contribution >= 4 is 6.01 Å². The Morgan fingerprint density at radius 2 is 2.41 bits per heavy atom. The van der Waals surface area contributed by atoms with Crippen molar-refractivity contribution in [3.8, 4) is 0 Å². The van der Waals surface area contributed by atoms with Gasteiger partial charge < -0.3 is 19.4 Å². The highest BCUT2D eigenvalue weighted by Crippen LogP contribution is 2.23. The molecule has 6 nitrogen and oxygen atoms in total. The first-order valence-corrected chi connectivity index (χ1v) is 6.10. The van der Waals surface area contributed by atoms with E-state index >= 15 is 0 Å². The molecule has 1 saturated heterocycles. The number of methoxy groups -OCH3 is 1. The summed E-state index contributed by atoms with van der Waals surface area (Å²) in [7, 11) is 1.68. The van der Waals surface area contributed by atoms with Crippen molar-refractivity contribution in [2.45, 2.75) is 32.4 Å². The van der Waals surface area contributed by atoms with Crippen molar-refractivity contribution in [2.24, 2.45) is 0 Å². The summed E-state index contributed by atoms with van der Waals surface area (Å²) in [5.41, 5.74) is 0. The lowest BCUT2D eigenvalue weighted by molar-refractivity contribution is 0.198. The van der Waals surface area contributed by atoms with E-state index in [0.29, 0.717) is 31.1 Å².